The van der Waals surface area contributed by atoms with Crippen molar-refractivity contribution in [1.82, 2.24) is 19.9 Å². The topological polar surface area (TPSA) is 77.8 Å². The molecule has 0 aliphatic heterocycles. The summed E-state index contributed by atoms with van der Waals surface area (Å²) in [7, 11) is 0. The first-order valence-electron chi connectivity index (χ1n) is 41.6. The summed E-state index contributed by atoms with van der Waals surface area (Å²) in [5.74, 6) is 1.21. The molecule has 0 saturated carbocycles. The Morgan fingerprint density at radius 1 is 0.156 bits per heavy atom. The third-order valence-corrected chi connectivity index (χ3v) is 25.3. The highest BCUT2D eigenvalue weighted by Crippen LogP contribution is 2.50. The first-order valence-corrected chi connectivity index (χ1v) is 41.6. The van der Waals surface area contributed by atoms with Gasteiger partial charge in [0.15, 0.2) is 11.2 Å². The highest BCUT2D eigenvalue weighted by Gasteiger charge is 2.25. The normalized spacial score (nSPS) is 11.9. The van der Waals surface area contributed by atoms with E-state index >= 15 is 0 Å². The molecule has 0 saturated heterocycles. The van der Waals surface area contributed by atoms with Crippen LogP contribution in [0.25, 0.3) is 263 Å². The molecule has 6 heteroatoms. The maximum absolute atomic E-state index is 6.65. The van der Waals surface area contributed by atoms with Crippen molar-refractivity contribution < 1.29 is 8.83 Å². The SMILES string of the molecule is c1ccc2c(c1)cc(-c1cc3c(-c4cc5ccccc5c5ccccc45)cc(-c4ccc(-c5nc6c7ccccc7c7ccccc7c6o5)cc4)nc3c3ccccc13)c1ccccc12.c1ccc2c(c1)cc(-c1cc3c(-c4cc5ccccc5c5ccccc45)cc(-c4ccc(-c5nc6ccccc6o5)cc4)nc3c3ccccc13)c1ccccc12. The molecular formula is C116H68N4O2. The lowest BCUT2D eigenvalue weighted by molar-refractivity contribution is 0.620. The lowest BCUT2D eigenvalue weighted by Crippen LogP contribution is -1.95. The van der Waals surface area contributed by atoms with Crippen LogP contribution in [-0.2, 0) is 0 Å². The van der Waals surface area contributed by atoms with Crippen molar-refractivity contribution in [3.8, 4) is 89.9 Å². The molecule has 4 heterocycles. The summed E-state index contributed by atoms with van der Waals surface area (Å²) in [5, 5.41) is 31.1. The average molecular weight is 1550 g/mol. The van der Waals surface area contributed by atoms with Crippen LogP contribution in [0.2, 0.25) is 0 Å². The van der Waals surface area contributed by atoms with Crippen molar-refractivity contribution >= 4 is 173 Å². The molecule has 0 radical (unpaired) electrons. The molecule has 0 bridgehead atoms. The van der Waals surface area contributed by atoms with Crippen LogP contribution < -0.4 is 0 Å². The molecule has 26 rings (SSSR count). The quantitative estimate of drug-likeness (QED) is 0.141. The molecule has 4 aromatic heterocycles. The number of pyridine rings is 2. The van der Waals surface area contributed by atoms with Gasteiger partial charge in [0.05, 0.1) is 22.4 Å². The molecule has 0 spiro atoms. The van der Waals surface area contributed by atoms with Crippen molar-refractivity contribution in [3.63, 3.8) is 0 Å². The second-order valence-electron chi connectivity index (χ2n) is 32.0. The molecule has 0 aliphatic carbocycles. The maximum atomic E-state index is 6.65. The van der Waals surface area contributed by atoms with Crippen LogP contribution in [0, 0.1) is 0 Å². The van der Waals surface area contributed by atoms with Gasteiger partial charge in [-0.25, -0.2) is 19.9 Å². The van der Waals surface area contributed by atoms with Crippen LogP contribution in [0.1, 0.15) is 0 Å². The number of nitrogens with zero attached hydrogens (tertiary/aromatic N) is 4. The van der Waals surface area contributed by atoms with Gasteiger partial charge >= 0.3 is 0 Å². The zero-order chi connectivity index (χ0) is 80.0. The molecule has 0 N–H and O–H groups in total. The lowest BCUT2D eigenvalue weighted by Gasteiger charge is -2.19. The van der Waals surface area contributed by atoms with E-state index in [1.54, 1.807) is 0 Å². The zero-order valence-electron chi connectivity index (χ0n) is 65.9. The fourth-order valence-electron chi connectivity index (χ4n) is 19.6. The van der Waals surface area contributed by atoms with Crippen molar-refractivity contribution in [2.75, 3.05) is 0 Å². The summed E-state index contributed by atoms with van der Waals surface area (Å²) in [6.07, 6.45) is 0. The van der Waals surface area contributed by atoms with Gasteiger partial charge in [-0.3, -0.25) is 0 Å². The zero-order valence-corrected chi connectivity index (χ0v) is 65.9. The summed E-state index contributed by atoms with van der Waals surface area (Å²) in [4.78, 5) is 21.1. The minimum absolute atomic E-state index is 0.600. The summed E-state index contributed by atoms with van der Waals surface area (Å²) in [5.41, 5.74) is 20.5. The molecule has 22 aromatic carbocycles. The number of hydrogen-bond donors (Lipinski definition) is 0. The Bertz CT molecular complexity index is 8800. The van der Waals surface area contributed by atoms with Gasteiger partial charge in [0.25, 0.3) is 0 Å². The van der Waals surface area contributed by atoms with E-state index in [0.29, 0.717) is 11.8 Å². The third kappa shape index (κ3) is 11.0. The van der Waals surface area contributed by atoms with Crippen molar-refractivity contribution in [2.45, 2.75) is 0 Å². The number of para-hydroxylation sites is 2. The number of aromatic nitrogens is 4. The number of hydrogen-bond acceptors (Lipinski definition) is 6. The average Bonchev–Trinajstić information content (AvgIpc) is 0.878. The van der Waals surface area contributed by atoms with Gasteiger partial charge in [0, 0.05) is 54.6 Å². The van der Waals surface area contributed by atoms with E-state index in [1.807, 2.05) is 24.3 Å². The molecule has 6 nitrogen and oxygen atoms in total. The number of rotatable bonds is 8. The van der Waals surface area contributed by atoms with E-state index in [9.17, 15) is 0 Å². The van der Waals surface area contributed by atoms with E-state index in [-0.39, 0.29) is 0 Å². The minimum Gasteiger partial charge on any atom is -0.436 e. The second-order valence-corrected chi connectivity index (χ2v) is 32.0. The first-order chi connectivity index (χ1) is 60.5. The fraction of sp³-hybridized carbons (Fsp3) is 0. The van der Waals surface area contributed by atoms with Gasteiger partial charge in [0.2, 0.25) is 11.8 Å². The van der Waals surface area contributed by atoms with Gasteiger partial charge in [-0.05, 0) is 237 Å². The fourth-order valence-corrected chi connectivity index (χ4v) is 19.6. The van der Waals surface area contributed by atoms with Gasteiger partial charge in [-0.2, -0.15) is 0 Å². The summed E-state index contributed by atoms with van der Waals surface area (Å²) < 4.78 is 12.8. The Balaban J connectivity index is 0.000000136. The Hall–Kier alpha value is -16.3. The molecule has 26 aromatic rings. The monoisotopic (exact) mass is 1550 g/mol. The van der Waals surface area contributed by atoms with Crippen LogP contribution in [0.5, 0.6) is 0 Å². The molecule has 564 valence electrons. The Kier molecular flexibility index (Phi) is 15.6. The molecular weight excluding hydrogens is 1480 g/mol. The maximum Gasteiger partial charge on any atom is 0.227 e. The number of oxazole rings is 2. The van der Waals surface area contributed by atoms with E-state index in [2.05, 4.69) is 388 Å². The van der Waals surface area contributed by atoms with E-state index in [0.717, 1.165) is 116 Å². The second kappa shape index (κ2) is 27.7. The van der Waals surface area contributed by atoms with Crippen LogP contribution in [0.15, 0.2) is 421 Å². The lowest BCUT2D eigenvalue weighted by atomic mass is 9.86. The molecule has 0 aliphatic rings. The van der Waals surface area contributed by atoms with Gasteiger partial charge in [-0.1, -0.05) is 328 Å². The molecule has 0 amide bonds. The van der Waals surface area contributed by atoms with Crippen LogP contribution in [0.4, 0.5) is 0 Å². The largest absolute Gasteiger partial charge is 0.436 e. The minimum atomic E-state index is 0.600. The van der Waals surface area contributed by atoms with Crippen LogP contribution in [-0.4, -0.2) is 19.9 Å². The third-order valence-electron chi connectivity index (χ3n) is 25.3. The van der Waals surface area contributed by atoms with Crippen LogP contribution >= 0.6 is 0 Å². The summed E-state index contributed by atoms with van der Waals surface area (Å²) in [6.45, 7) is 0. The van der Waals surface area contributed by atoms with Gasteiger partial charge in [-0.15, -0.1) is 0 Å². The van der Waals surface area contributed by atoms with Crippen molar-refractivity contribution in [3.05, 3.63) is 413 Å². The van der Waals surface area contributed by atoms with Crippen LogP contribution in [0.3, 0.4) is 0 Å². The molecule has 122 heavy (non-hydrogen) atoms. The Labute approximate surface area is 699 Å². The predicted octanol–water partition coefficient (Wildman–Crippen LogP) is 31.9. The Morgan fingerprint density at radius 2 is 0.410 bits per heavy atom. The van der Waals surface area contributed by atoms with E-state index in [4.69, 9.17) is 28.8 Å². The molecule has 0 fully saturated rings. The summed E-state index contributed by atoms with van der Waals surface area (Å²) >= 11 is 0. The highest BCUT2D eigenvalue weighted by molar-refractivity contribution is 6.27. The van der Waals surface area contributed by atoms with Crippen molar-refractivity contribution in [2.24, 2.45) is 0 Å². The number of benzene rings is 22. The van der Waals surface area contributed by atoms with Gasteiger partial charge in [0.1, 0.15) is 11.0 Å². The number of fused-ring (bicyclic) bond motifs is 25. The van der Waals surface area contributed by atoms with E-state index in [1.165, 1.54) is 136 Å². The molecule has 0 unspecified atom stereocenters. The molecule has 0 atom stereocenters. The standard InChI is InChI=1S/C62H36N2O.C54H32N2O/c1-3-17-41-39(15-1)33-53(47-23-7-5-19-43(41)47)55-35-57-56(54-34-40-16-2-4-18-42(40)44-20-6-8-24-48(44)54)36-58(63-59(57)50-26-12-10-25-49(50)55)37-29-31-38(32-30-37)62-64-60-51-27-13-9-21-45(51)46-22-11-14-28-52(46)61(60)65-62;1-3-15-37-35(13-1)29-45(41-19-7-5-17-39(37)41)47-31-49-48(46-30-36-14-2-4-16-38(36)40-18-6-8-20-42(40)46)32-51(55-53(49)44-22-10-9-21-43(44)47)33-25-27-34(28-26-33)54-56-50-23-11-12-24-52(50)57-54/h1-36H;1-32H. The van der Waals surface area contributed by atoms with Crippen molar-refractivity contribution in [1.29, 1.82) is 0 Å². The smallest absolute Gasteiger partial charge is 0.227 e. The van der Waals surface area contributed by atoms with E-state index < -0.39 is 0 Å². The summed E-state index contributed by atoms with van der Waals surface area (Å²) in [6, 6.07) is 148. The predicted molar refractivity (Wildman–Crippen MR) is 512 cm³/mol. The van der Waals surface area contributed by atoms with Gasteiger partial charge < -0.3 is 8.83 Å². The first kappa shape index (κ1) is 68.9. The Morgan fingerprint density at radius 3 is 0.779 bits per heavy atom. The highest BCUT2D eigenvalue weighted by atomic mass is 16.4.